The number of piperidine rings is 1. The molecule has 0 bridgehead atoms. The van der Waals surface area contributed by atoms with E-state index in [9.17, 15) is 17.6 Å². The van der Waals surface area contributed by atoms with Crippen LogP contribution in [-0.2, 0) is 15.0 Å². The van der Waals surface area contributed by atoms with Crippen LogP contribution in [0.2, 0.25) is 0 Å². The number of hydrogen-bond donors (Lipinski definition) is 1. The number of carbonyl (C=O) groups is 1. The number of carboxylic acid groups (broad SMARTS) is 1. The Bertz CT molecular complexity index is 627. The van der Waals surface area contributed by atoms with E-state index in [1.54, 1.807) is 6.07 Å². The zero-order chi connectivity index (χ0) is 15.6. The van der Waals surface area contributed by atoms with Crippen molar-refractivity contribution in [2.75, 3.05) is 24.4 Å². The summed E-state index contributed by atoms with van der Waals surface area (Å²) in [7, 11) is -2.56. The van der Waals surface area contributed by atoms with Crippen molar-refractivity contribution >= 4 is 21.9 Å². The third-order valence-electron chi connectivity index (χ3n) is 3.67. The molecule has 1 saturated heterocycles. The SMILES string of the molecule is CN(c1ccccc1F)S(=O)(=O)N1CCC(C(=O)O)CC1. The predicted octanol–water partition coefficient (Wildman–Crippen LogP) is 1.30. The van der Waals surface area contributed by atoms with Crippen molar-refractivity contribution in [3.63, 3.8) is 0 Å². The summed E-state index contributed by atoms with van der Waals surface area (Å²) in [6.07, 6.45) is 0.527. The lowest BCUT2D eigenvalue weighted by atomic mass is 9.99. The molecule has 116 valence electrons. The Balaban J connectivity index is 2.16. The Morgan fingerprint density at radius 1 is 1.33 bits per heavy atom. The first-order valence-electron chi connectivity index (χ1n) is 6.55. The largest absolute Gasteiger partial charge is 0.481 e. The molecule has 1 aliphatic heterocycles. The van der Waals surface area contributed by atoms with Crippen LogP contribution >= 0.6 is 0 Å². The van der Waals surface area contributed by atoms with E-state index in [2.05, 4.69) is 0 Å². The maximum absolute atomic E-state index is 13.7. The highest BCUT2D eigenvalue weighted by Gasteiger charge is 2.34. The van der Waals surface area contributed by atoms with Gasteiger partial charge in [-0.1, -0.05) is 12.1 Å². The van der Waals surface area contributed by atoms with Crippen LogP contribution in [0, 0.1) is 11.7 Å². The smallest absolute Gasteiger partial charge is 0.306 e. The highest BCUT2D eigenvalue weighted by molar-refractivity contribution is 7.90. The number of nitrogens with zero attached hydrogens (tertiary/aromatic N) is 2. The molecule has 1 aromatic carbocycles. The average molecular weight is 316 g/mol. The first-order chi connectivity index (χ1) is 9.84. The van der Waals surface area contributed by atoms with Crippen LogP contribution in [0.4, 0.5) is 10.1 Å². The first-order valence-corrected chi connectivity index (χ1v) is 7.95. The molecule has 0 radical (unpaired) electrons. The van der Waals surface area contributed by atoms with Gasteiger partial charge in [-0.3, -0.25) is 9.10 Å². The van der Waals surface area contributed by atoms with Gasteiger partial charge in [-0.05, 0) is 25.0 Å². The zero-order valence-electron chi connectivity index (χ0n) is 11.6. The summed E-state index contributed by atoms with van der Waals surface area (Å²) < 4.78 is 40.7. The van der Waals surface area contributed by atoms with E-state index in [0.29, 0.717) is 0 Å². The fraction of sp³-hybridized carbons (Fsp3) is 0.462. The van der Waals surface area contributed by atoms with Crippen molar-refractivity contribution in [1.82, 2.24) is 4.31 Å². The van der Waals surface area contributed by atoms with Crippen LogP contribution in [0.25, 0.3) is 0 Å². The van der Waals surface area contributed by atoms with E-state index in [4.69, 9.17) is 5.11 Å². The number of rotatable bonds is 4. The molecule has 2 rings (SSSR count). The number of para-hydroxylation sites is 1. The molecular formula is C13H17FN2O4S. The molecule has 0 amide bonds. The topological polar surface area (TPSA) is 77.9 Å². The lowest BCUT2D eigenvalue weighted by Gasteiger charge is -2.33. The second-order valence-corrected chi connectivity index (χ2v) is 6.90. The Morgan fingerprint density at radius 2 is 1.90 bits per heavy atom. The number of benzene rings is 1. The molecule has 0 spiro atoms. The Labute approximate surface area is 123 Å². The number of hydrogen-bond acceptors (Lipinski definition) is 3. The molecular weight excluding hydrogens is 299 g/mol. The predicted molar refractivity (Wildman–Crippen MR) is 75.7 cm³/mol. The maximum Gasteiger partial charge on any atom is 0.306 e. The molecule has 1 fully saturated rings. The van der Waals surface area contributed by atoms with E-state index in [1.165, 1.54) is 29.6 Å². The lowest BCUT2D eigenvalue weighted by Crippen LogP contribution is -2.47. The van der Waals surface area contributed by atoms with Crippen LogP contribution in [0.15, 0.2) is 24.3 Å². The average Bonchev–Trinajstić information content (AvgIpc) is 2.47. The summed E-state index contributed by atoms with van der Waals surface area (Å²) >= 11 is 0. The van der Waals surface area contributed by atoms with Crippen molar-refractivity contribution in [3.8, 4) is 0 Å². The van der Waals surface area contributed by atoms with Crippen LogP contribution in [-0.4, -0.2) is 43.9 Å². The molecule has 1 N–H and O–H groups in total. The third-order valence-corrected chi connectivity index (χ3v) is 5.57. The minimum Gasteiger partial charge on any atom is -0.481 e. The van der Waals surface area contributed by atoms with Crippen molar-refractivity contribution in [3.05, 3.63) is 30.1 Å². The van der Waals surface area contributed by atoms with Gasteiger partial charge in [0.25, 0.3) is 0 Å². The Kier molecular flexibility index (Phi) is 4.48. The summed E-state index contributed by atoms with van der Waals surface area (Å²) in [4.78, 5) is 10.9. The fourth-order valence-electron chi connectivity index (χ4n) is 2.34. The third kappa shape index (κ3) is 3.16. The summed E-state index contributed by atoms with van der Waals surface area (Å²) in [6.45, 7) is 0.246. The van der Waals surface area contributed by atoms with E-state index in [-0.39, 0.29) is 31.6 Å². The molecule has 21 heavy (non-hydrogen) atoms. The van der Waals surface area contributed by atoms with Crippen molar-refractivity contribution in [2.45, 2.75) is 12.8 Å². The van der Waals surface area contributed by atoms with E-state index in [0.717, 1.165) is 4.31 Å². The molecule has 0 saturated carbocycles. The van der Waals surface area contributed by atoms with Crippen LogP contribution < -0.4 is 4.31 Å². The van der Waals surface area contributed by atoms with Crippen LogP contribution in [0.5, 0.6) is 0 Å². The summed E-state index contributed by atoms with van der Waals surface area (Å²) in [5.41, 5.74) is -0.0298. The van der Waals surface area contributed by atoms with Crippen LogP contribution in [0.1, 0.15) is 12.8 Å². The molecule has 1 heterocycles. The highest BCUT2D eigenvalue weighted by atomic mass is 32.2. The number of anilines is 1. The molecule has 8 heteroatoms. The van der Waals surface area contributed by atoms with Gasteiger partial charge in [0, 0.05) is 20.1 Å². The van der Waals surface area contributed by atoms with Gasteiger partial charge >= 0.3 is 16.2 Å². The van der Waals surface area contributed by atoms with Gasteiger partial charge in [0.15, 0.2) is 0 Å². The monoisotopic (exact) mass is 316 g/mol. The van der Waals surface area contributed by atoms with Gasteiger partial charge in [0.1, 0.15) is 5.82 Å². The lowest BCUT2D eigenvalue weighted by molar-refractivity contribution is -0.142. The molecule has 0 atom stereocenters. The summed E-state index contributed by atoms with van der Waals surface area (Å²) in [5.74, 6) is -2.05. The summed E-state index contributed by atoms with van der Waals surface area (Å²) in [5, 5.41) is 8.92. The number of halogens is 1. The summed E-state index contributed by atoms with van der Waals surface area (Å²) in [6, 6.07) is 5.62. The second-order valence-electron chi connectivity index (χ2n) is 4.94. The van der Waals surface area contributed by atoms with Gasteiger partial charge in [-0.25, -0.2) is 4.39 Å². The molecule has 0 unspecified atom stereocenters. The molecule has 0 aliphatic carbocycles. The van der Waals surface area contributed by atoms with E-state index >= 15 is 0 Å². The van der Waals surface area contributed by atoms with E-state index < -0.39 is 27.9 Å². The minimum absolute atomic E-state index is 0.0298. The molecule has 1 aliphatic rings. The zero-order valence-corrected chi connectivity index (χ0v) is 12.4. The number of carboxylic acids is 1. The fourth-order valence-corrected chi connectivity index (χ4v) is 3.75. The molecule has 6 nitrogen and oxygen atoms in total. The van der Waals surface area contributed by atoms with Crippen molar-refractivity contribution < 1.29 is 22.7 Å². The molecule has 1 aromatic rings. The van der Waals surface area contributed by atoms with E-state index in [1.807, 2.05) is 0 Å². The van der Waals surface area contributed by atoms with Crippen molar-refractivity contribution in [1.29, 1.82) is 0 Å². The second kappa shape index (κ2) is 5.98. The van der Waals surface area contributed by atoms with Gasteiger partial charge in [-0.15, -0.1) is 0 Å². The first kappa shape index (κ1) is 15.7. The molecule has 0 aromatic heterocycles. The van der Waals surface area contributed by atoms with Crippen LogP contribution in [0.3, 0.4) is 0 Å². The quantitative estimate of drug-likeness (QED) is 0.908. The Morgan fingerprint density at radius 3 is 2.43 bits per heavy atom. The Hall–Kier alpha value is -1.67. The van der Waals surface area contributed by atoms with Gasteiger partial charge in [-0.2, -0.15) is 12.7 Å². The van der Waals surface area contributed by atoms with Gasteiger partial charge in [0.2, 0.25) is 0 Å². The standard InChI is InChI=1S/C13H17FN2O4S/c1-15(12-5-3-2-4-11(12)14)21(19,20)16-8-6-10(7-9-16)13(17)18/h2-5,10H,6-9H2,1H3,(H,17,18). The number of aliphatic carboxylic acids is 1. The van der Waals surface area contributed by atoms with Gasteiger partial charge in [0.05, 0.1) is 11.6 Å². The minimum atomic E-state index is -3.85. The maximum atomic E-state index is 13.7. The normalized spacial score (nSPS) is 17.6. The highest BCUT2D eigenvalue weighted by Crippen LogP contribution is 2.25. The van der Waals surface area contributed by atoms with Crippen molar-refractivity contribution in [2.24, 2.45) is 5.92 Å². The van der Waals surface area contributed by atoms with Gasteiger partial charge < -0.3 is 5.11 Å².